The van der Waals surface area contributed by atoms with E-state index in [4.69, 9.17) is 10.2 Å². The number of carbonyl (C=O) groups excluding carboxylic acids is 1. The number of thioether (sulfide) groups is 1. The summed E-state index contributed by atoms with van der Waals surface area (Å²) in [6.45, 7) is 0.930. The highest BCUT2D eigenvalue weighted by molar-refractivity contribution is 8.08. The highest BCUT2D eigenvalue weighted by Crippen LogP contribution is 2.40. The first-order chi connectivity index (χ1) is 11.2. The number of carbonyl (C=O) groups is 1. The van der Waals surface area contributed by atoms with Crippen LogP contribution in [0.5, 0.6) is 0 Å². The van der Waals surface area contributed by atoms with Gasteiger partial charge >= 0.3 is 0 Å². The Labute approximate surface area is 140 Å². The van der Waals surface area contributed by atoms with Crippen LogP contribution in [0.3, 0.4) is 0 Å². The summed E-state index contributed by atoms with van der Waals surface area (Å²) in [5, 5.41) is 0. The van der Waals surface area contributed by atoms with E-state index in [0.717, 1.165) is 29.5 Å². The Kier molecular flexibility index (Phi) is 4.09. The molecule has 1 saturated carbocycles. The van der Waals surface area contributed by atoms with Gasteiger partial charge in [-0.05, 0) is 31.6 Å². The Bertz CT molecular complexity index is 625. The Morgan fingerprint density at radius 3 is 2.96 bits per heavy atom. The maximum atomic E-state index is 13.0. The summed E-state index contributed by atoms with van der Waals surface area (Å²) in [5.41, 5.74) is 5.54. The molecule has 0 radical (unpaired) electrons. The molecule has 2 fully saturated rings. The summed E-state index contributed by atoms with van der Waals surface area (Å²) in [7, 11) is 0. The molecule has 0 bridgehead atoms. The van der Waals surface area contributed by atoms with Crippen molar-refractivity contribution in [2.75, 3.05) is 18.0 Å². The first-order valence-electron chi connectivity index (χ1n) is 8.59. The maximum Gasteiger partial charge on any atom is 0.292 e. The van der Waals surface area contributed by atoms with Crippen molar-refractivity contribution in [2.24, 2.45) is 11.8 Å². The number of piperidine rings is 1. The molecule has 4 rings (SSSR count). The molecule has 3 unspecified atom stereocenters. The molecule has 3 aliphatic rings. The number of oxazole rings is 1. The van der Waals surface area contributed by atoms with Crippen LogP contribution < -0.4 is 5.73 Å². The Balaban J connectivity index is 1.49. The van der Waals surface area contributed by atoms with E-state index < -0.39 is 0 Å². The molecule has 2 aliphatic heterocycles. The van der Waals surface area contributed by atoms with E-state index in [9.17, 15) is 4.79 Å². The molecular formula is C17H23N3O2S. The van der Waals surface area contributed by atoms with E-state index in [-0.39, 0.29) is 11.9 Å². The fraction of sp³-hybridized carbons (Fsp3) is 0.647. The van der Waals surface area contributed by atoms with E-state index in [1.165, 1.54) is 32.1 Å². The topological polar surface area (TPSA) is 72.4 Å². The van der Waals surface area contributed by atoms with Crippen LogP contribution in [0, 0.1) is 11.8 Å². The van der Waals surface area contributed by atoms with Crippen molar-refractivity contribution in [1.82, 2.24) is 9.88 Å². The van der Waals surface area contributed by atoms with Gasteiger partial charge in [0.1, 0.15) is 0 Å². The van der Waals surface area contributed by atoms with Crippen molar-refractivity contribution in [3.8, 4) is 0 Å². The standard InChI is InChI=1S/C17H23N3O2S/c18-17-19-9-14(22-17)15-8-12(10-23-15)16(21)20-7-3-5-11-4-1-2-6-13(11)20/h8-9,11-13H,1-7,10H2,(H2,18,19). The van der Waals surface area contributed by atoms with Gasteiger partial charge in [-0.15, -0.1) is 11.8 Å². The largest absolute Gasteiger partial charge is 0.423 e. The third kappa shape index (κ3) is 2.89. The summed E-state index contributed by atoms with van der Waals surface area (Å²) in [6.07, 6.45) is 11.2. The smallest absolute Gasteiger partial charge is 0.292 e. The Morgan fingerprint density at radius 1 is 1.30 bits per heavy atom. The van der Waals surface area contributed by atoms with Gasteiger partial charge in [-0.2, -0.15) is 0 Å². The second kappa shape index (κ2) is 6.23. The second-order valence-electron chi connectivity index (χ2n) is 6.80. The molecule has 1 amide bonds. The van der Waals surface area contributed by atoms with Gasteiger partial charge in [-0.1, -0.05) is 18.9 Å². The van der Waals surface area contributed by atoms with Gasteiger partial charge in [0, 0.05) is 23.2 Å². The number of nitrogens with zero attached hydrogens (tertiary/aromatic N) is 2. The molecule has 124 valence electrons. The highest BCUT2D eigenvalue weighted by atomic mass is 32.2. The van der Waals surface area contributed by atoms with Crippen molar-refractivity contribution in [1.29, 1.82) is 0 Å². The molecule has 0 spiro atoms. The zero-order chi connectivity index (χ0) is 15.8. The summed E-state index contributed by atoms with van der Waals surface area (Å²) in [5.74, 6) is 2.46. The number of amides is 1. The normalized spacial score (nSPS) is 30.9. The zero-order valence-electron chi connectivity index (χ0n) is 13.2. The van der Waals surface area contributed by atoms with Crippen LogP contribution in [0.25, 0.3) is 4.91 Å². The number of aromatic nitrogens is 1. The molecule has 23 heavy (non-hydrogen) atoms. The quantitative estimate of drug-likeness (QED) is 0.900. The van der Waals surface area contributed by atoms with Crippen LogP contribution in [0.2, 0.25) is 0 Å². The predicted octanol–water partition coefficient (Wildman–Crippen LogP) is 3.14. The first-order valence-corrected chi connectivity index (χ1v) is 9.57. The monoisotopic (exact) mass is 333 g/mol. The van der Waals surface area contributed by atoms with E-state index in [2.05, 4.69) is 9.88 Å². The van der Waals surface area contributed by atoms with Crippen LogP contribution in [-0.2, 0) is 4.79 Å². The molecular weight excluding hydrogens is 310 g/mol. The van der Waals surface area contributed by atoms with E-state index in [1.54, 1.807) is 18.0 Å². The van der Waals surface area contributed by atoms with Crippen molar-refractivity contribution in [3.63, 3.8) is 0 Å². The van der Waals surface area contributed by atoms with Gasteiger partial charge in [-0.25, -0.2) is 4.98 Å². The minimum Gasteiger partial charge on any atom is -0.423 e. The Hall–Kier alpha value is -1.43. The maximum absolute atomic E-state index is 13.0. The molecule has 6 heteroatoms. The van der Waals surface area contributed by atoms with E-state index in [1.807, 2.05) is 6.08 Å². The molecule has 3 heterocycles. The van der Waals surface area contributed by atoms with Crippen LogP contribution >= 0.6 is 11.8 Å². The van der Waals surface area contributed by atoms with Crippen LogP contribution in [0.4, 0.5) is 6.01 Å². The fourth-order valence-electron chi connectivity index (χ4n) is 4.27. The van der Waals surface area contributed by atoms with Gasteiger partial charge in [0.05, 0.1) is 12.1 Å². The van der Waals surface area contributed by atoms with Crippen molar-refractivity contribution < 1.29 is 9.21 Å². The summed E-state index contributed by atoms with van der Waals surface area (Å²) >= 11 is 1.66. The number of rotatable bonds is 2. The molecule has 1 saturated heterocycles. The molecule has 2 N–H and O–H groups in total. The predicted molar refractivity (Wildman–Crippen MR) is 91.5 cm³/mol. The number of fused-ring (bicyclic) bond motifs is 1. The molecule has 1 aliphatic carbocycles. The van der Waals surface area contributed by atoms with Crippen molar-refractivity contribution in [2.45, 2.75) is 44.6 Å². The number of hydrogen-bond donors (Lipinski definition) is 1. The van der Waals surface area contributed by atoms with Crippen LogP contribution in [-0.4, -0.2) is 34.1 Å². The fourth-order valence-corrected chi connectivity index (χ4v) is 5.36. The van der Waals surface area contributed by atoms with Crippen LogP contribution in [0.1, 0.15) is 44.3 Å². The lowest BCUT2D eigenvalue weighted by Gasteiger charge is -2.44. The van der Waals surface area contributed by atoms with Crippen molar-refractivity contribution >= 4 is 28.6 Å². The van der Waals surface area contributed by atoms with Gasteiger partial charge in [-0.3, -0.25) is 4.79 Å². The minimum absolute atomic E-state index is 0.0398. The molecule has 1 aromatic heterocycles. The van der Waals surface area contributed by atoms with Crippen molar-refractivity contribution in [3.05, 3.63) is 18.0 Å². The summed E-state index contributed by atoms with van der Waals surface area (Å²) in [6, 6.07) is 0.658. The SMILES string of the molecule is Nc1ncc(C2=CC(C(=O)N3CCCC4CCCCC43)CS2)o1. The lowest BCUT2D eigenvalue weighted by atomic mass is 9.78. The van der Waals surface area contributed by atoms with E-state index in [0.29, 0.717) is 17.7 Å². The molecule has 5 nitrogen and oxygen atoms in total. The van der Waals surface area contributed by atoms with Gasteiger partial charge in [0.25, 0.3) is 6.01 Å². The van der Waals surface area contributed by atoms with E-state index >= 15 is 0 Å². The zero-order valence-corrected chi connectivity index (χ0v) is 14.1. The number of hydrogen-bond acceptors (Lipinski definition) is 5. The lowest BCUT2D eigenvalue weighted by molar-refractivity contribution is -0.139. The summed E-state index contributed by atoms with van der Waals surface area (Å²) in [4.78, 5) is 20.1. The number of anilines is 1. The molecule has 0 aromatic carbocycles. The van der Waals surface area contributed by atoms with Gasteiger partial charge < -0.3 is 15.1 Å². The Morgan fingerprint density at radius 2 is 2.13 bits per heavy atom. The average molecular weight is 333 g/mol. The average Bonchev–Trinajstić information content (AvgIpc) is 3.22. The minimum atomic E-state index is -0.0398. The number of nitrogens with two attached hydrogens (primary N) is 1. The number of likely N-dealkylation sites (tertiary alicyclic amines) is 1. The van der Waals surface area contributed by atoms with Gasteiger partial charge in [0.2, 0.25) is 5.91 Å². The third-order valence-corrected chi connectivity index (χ3v) is 6.55. The summed E-state index contributed by atoms with van der Waals surface area (Å²) < 4.78 is 5.38. The van der Waals surface area contributed by atoms with Gasteiger partial charge in [0.15, 0.2) is 5.76 Å². The first kappa shape index (κ1) is 15.1. The number of nitrogen functional groups attached to an aromatic ring is 1. The molecule has 3 atom stereocenters. The highest BCUT2D eigenvalue weighted by Gasteiger charge is 2.38. The lowest BCUT2D eigenvalue weighted by Crippen LogP contribution is -2.51. The molecule has 1 aromatic rings. The third-order valence-electron chi connectivity index (χ3n) is 5.38. The second-order valence-corrected chi connectivity index (χ2v) is 7.86. The van der Waals surface area contributed by atoms with Crippen LogP contribution in [0.15, 0.2) is 16.7 Å².